The predicted molar refractivity (Wildman–Crippen MR) is 116 cm³/mol. The molecule has 144 valence electrons. The molecule has 0 radical (unpaired) electrons. The highest BCUT2D eigenvalue weighted by Crippen LogP contribution is 2.39. The van der Waals surface area contributed by atoms with Crippen LogP contribution in [0.25, 0.3) is 11.1 Å². The number of hydrogen-bond donors (Lipinski definition) is 0. The Kier molecular flexibility index (Phi) is 5.73. The van der Waals surface area contributed by atoms with E-state index in [1.807, 2.05) is 43.4 Å². The molecule has 0 saturated carbocycles. The summed E-state index contributed by atoms with van der Waals surface area (Å²) >= 11 is 0. The van der Waals surface area contributed by atoms with Gasteiger partial charge in [0.05, 0.1) is 0 Å². The molecule has 4 nitrogen and oxygen atoms in total. The highest BCUT2D eigenvalue weighted by atomic mass is 16.2. The molecule has 1 heterocycles. The first-order valence-corrected chi connectivity index (χ1v) is 9.62. The van der Waals surface area contributed by atoms with E-state index in [0.717, 1.165) is 17.3 Å². The maximum atomic E-state index is 12.8. The molecule has 2 aromatic carbocycles. The van der Waals surface area contributed by atoms with Gasteiger partial charge >= 0.3 is 7.41 Å². The lowest BCUT2D eigenvalue weighted by atomic mass is 9.74. The second-order valence-corrected chi connectivity index (χ2v) is 8.13. The molecular weight excluding hydrogens is 347 g/mol. The minimum atomic E-state index is -0.282. The van der Waals surface area contributed by atoms with E-state index in [9.17, 15) is 9.59 Å². The van der Waals surface area contributed by atoms with Gasteiger partial charge in [-0.2, -0.15) is 0 Å². The van der Waals surface area contributed by atoms with Crippen LogP contribution in [0.15, 0.2) is 66.4 Å². The van der Waals surface area contributed by atoms with Gasteiger partial charge in [-0.25, -0.2) is 0 Å². The maximum absolute atomic E-state index is 12.8. The Morgan fingerprint density at radius 1 is 1.04 bits per heavy atom. The van der Waals surface area contributed by atoms with E-state index in [4.69, 9.17) is 0 Å². The topological polar surface area (TPSA) is 40.6 Å². The van der Waals surface area contributed by atoms with Crippen LogP contribution >= 0.6 is 0 Å². The molecule has 1 aliphatic heterocycles. The quantitative estimate of drug-likeness (QED) is 0.443. The van der Waals surface area contributed by atoms with Crippen LogP contribution in [-0.2, 0) is 15.0 Å². The van der Waals surface area contributed by atoms with Crippen LogP contribution in [0, 0.1) is 0 Å². The largest absolute Gasteiger partial charge is 0.383 e. The van der Waals surface area contributed by atoms with E-state index in [1.54, 1.807) is 4.81 Å². The van der Waals surface area contributed by atoms with E-state index in [-0.39, 0.29) is 24.8 Å². The zero-order chi connectivity index (χ0) is 20.3. The summed E-state index contributed by atoms with van der Waals surface area (Å²) in [5.74, 6) is -0.0419. The van der Waals surface area contributed by atoms with Crippen molar-refractivity contribution in [3.05, 3.63) is 71.9 Å². The van der Waals surface area contributed by atoms with Gasteiger partial charge in [0.25, 0.3) is 0 Å². The average molecular weight is 374 g/mol. The first kappa shape index (κ1) is 19.9. The molecule has 28 heavy (non-hydrogen) atoms. The zero-order valence-corrected chi connectivity index (χ0v) is 17.1. The van der Waals surface area contributed by atoms with Crippen LogP contribution < -0.4 is 0 Å². The number of benzene rings is 2. The molecule has 0 aliphatic carbocycles. The number of hydrogen-bond acceptors (Lipinski definition) is 3. The molecule has 0 N–H and O–H groups in total. The molecular formula is C23H27BN2O2. The Hall–Kier alpha value is -2.82. The van der Waals surface area contributed by atoms with E-state index in [1.165, 1.54) is 11.1 Å². The van der Waals surface area contributed by atoms with Crippen molar-refractivity contribution in [1.29, 1.82) is 0 Å². The van der Waals surface area contributed by atoms with Crippen LogP contribution in [0.2, 0.25) is 0 Å². The van der Waals surface area contributed by atoms with E-state index in [2.05, 4.69) is 50.2 Å². The number of rotatable bonds is 6. The highest BCUT2D eigenvalue weighted by Gasteiger charge is 2.44. The summed E-state index contributed by atoms with van der Waals surface area (Å²) in [6.45, 7) is 4.30. The Morgan fingerprint density at radius 3 is 2.21 bits per heavy atom. The Morgan fingerprint density at radius 2 is 1.64 bits per heavy atom. The van der Waals surface area contributed by atoms with Gasteiger partial charge in [0.1, 0.15) is 6.19 Å². The Bertz CT molecular complexity index is 873. The fraction of sp³-hybridized carbons (Fsp3) is 0.304. The van der Waals surface area contributed by atoms with E-state index >= 15 is 0 Å². The van der Waals surface area contributed by atoms with Gasteiger partial charge in [-0.1, -0.05) is 68.4 Å². The van der Waals surface area contributed by atoms with Gasteiger partial charge < -0.3 is 14.5 Å². The first-order valence-electron chi connectivity index (χ1n) is 9.62. The van der Waals surface area contributed by atoms with Crippen molar-refractivity contribution >= 4 is 19.5 Å². The lowest BCUT2D eigenvalue weighted by molar-refractivity contribution is -0.122. The summed E-state index contributed by atoms with van der Waals surface area (Å²) in [6.07, 6.45) is 3.32. The fourth-order valence-electron chi connectivity index (χ4n) is 4.00. The third-order valence-electron chi connectivity index (χ3n) is 5.58. The number of carbonyl (C=O) groups is 2. The molecule has 1 amide bonds. The van der Waals surface area contributed by atoms with Gasteiger partial charge in [0.2, 0.25) is 5.91 Å². The third kappa shape index (κ3) is 3.89. The van der Waals surface area contributed by atoms with Crippen LogP contribution in [-0.4, -0.2) is 49.4 Å². The van der Waals surface area contributed by atoms with Crippen molar-refractivity contribution in [2.24, 2.45) is 0 Å². The Labute approximate surface area is 168 Å². The molecule has 2 aromatic rings. The second kappa shape index (κ2) is 8.05. The summed E-state index contributed by atoms with van der Waals surface area (Å²) < 4.78 is 0. The monoisotopic (exact) mass is 374 g/mol. The summed E-state index contributed by atoms with van der Waals surface area (Å²) in [6, 6.07) is 18.8. The van der Waals surface area contributed by atoms with Gasteiger partial charge in [0.15, 0.2) is 0 Å². The minimum Gasteiger partial charge on any atom is -0.383 e. The average Bonchev–Trinajstić information content (AvgIpc) is 2.99. The highest BCUT2D eigenvalue weighted by molar-refractivity contribution is 6.67. The molecule has 0 spiro atoms. The number of amides is 1. The first-order chi connectivity index (χ1) is 13.3. The van der Waals surface area contributed by atoms with Crippen LogP contribution in [0.4, 0.5) is 0 Å². The van der Waals surface area contributed by atoms with Crippen molar-refractivity contribution in [2.75, 3.05) is 14.1 Å². The van der Waals surface area contributed by atoms with Crippen LogP contribution in [0.5, 0.6) is 0 Å². The SMILES string of the molecule is CN(C)/C=C1/C[C@@H](C(C)(C)c2ccc(-c3ccccc3)cc2)N(BC=O)C1=O. The molecule has 1 fully saturated rings. The van der Waals surface area contributed by atoms with Crippen LogP contribution in [0.1, 0.15) is 25.8 Å². The zero-order valence-electron chi connectivity index (χ0n) is 17.1. The van der Waals surface area contributed by atoms with Crippen molar-refractivity contribution < 1.29 is 9.59 Å². The van der Waals surface area contributed by atoms with Crippen molar-refractivity contribution in [3.63, 3.8) is 0 Å². The molecule has 0 aromatic heterocycles. The predicted octanol–water partition coefficient (Wildman–Crippen LogP) is 3.22. The van der Waals surface area contributed by atoms with Gasteiger partial charge in [-0.3, -0.25) is 4.79 Å². The van der Waals surface area contributed by atoms with Crippen molar-refractivity contribution in [3.8, 4) is 11.1 Å². The molecule has 0 bridgehead atoms. The molecule has 3 rings (SSSR count). The maximum Gasteiger partial charge on any atom is 0.313 e. The summed E-state index contributed by atoms with van der Waals surface area (Å²) in [5.41, 5.74) is 3.98. The van der Waals surface area contributed by atoms with Crippen LogP contribution in [0.3, 0.4) is 0 Å². The summed E-state index contributed by atoms with van der Waals surface area (Å²) in [5, 5.41) is 0. The lowest BCUT2D eigenvalue weighted by Crippen LogP contribution is -2.47. The fourth-order valence-corrected chi connectivity index (χ4v) is 4.00. The number of carbonyl (C=O) groups excluding carboxylic acids is 2. The second-order valence-electron chi connectivity index (χ2n) is 8.13. The van der Waals surface area contributed by atoms with Crippen molar-refractivity contribution in [1.82, 2.24) is 9.71 Å². The van der Waals surface area contributed by atoms with Gasteiger partial charge in [-0.15, -0.1) is 0 Å². The molecule has 1 saturated heterocycles. The van der Waals surface area contributed by atoms with E-state index < -0.39 is 0 Å². The molecule has 1 atom stereocenters. The standard InChI is InChI=1S/C23H27BN2O2/c1-23(2,20-12-10-18(11-13-20)17-8-6-5-7-9-17)21-14-19(15-25(3)4)22(28)26(21)24-16-27/h5-13,15-16,21,24H,14H2,1-4H3/b19-15-/t21-/m0/s1. The van der Waals surface area contributed by atoms with Gasteiger partial charge in [-0.05, 0) is 23.1 Å². The smallest absolute Gasteiger partial charge is 0.313 e. The number of nitrogens with zero attached hydrogens (tertiary/aromatic N) is 2. The van der Waals surface area contributed by atoms with Crippen molar-refractivity contribution in [2.45, 2.75) is 31.7 Å². The minimum absolute atomic E-state index is 0.0419. The summed E-state index contributed by atoms with van der Waals surface area (Å²) in [4.78, 5) is 27.7. The lowest BCUT2D eigenvalue weighted by Gasteiger charge is -2.37. The molecule has 0 unspecified atom stereocenters. The van der Waals surface area contributed by atoms with E-state index in [0.29, 0.717) is 6.42 Å². The Balaban J connectivity index is 1.92. The molecule has 5 heteroatoms. The molecule has 1 aliphatic rings. The third-order valence-corrected chi connectivity index (χ3v) is 5.58. The normalized spacial score (nSPS) is 18.4. The summed E-state index contributed by atoms with van der Waals surface area (Å²) in [7, 11) is 3.94. The van der Waals surface area contributed by atoms with Gasteiger partial charge in [0, 0.05) is 37.3 Å².